The summed E-state index contributed by atoms with van der Waals surface area (Å²) in [7, 11) is 0. The fraction of sp³-hybridized carbons (Fsp3) is 0.286. The van der Waals surface area contributed by atoms with Crippen molar-refractivity contribution in [1.29, 1.82) is 0 Å². The number of nitrogens with one attached hydrogen (secondary N) is 1. The molecule has 5 heteroatoms. The van der Waals surface area contributed by atoms with Crippen LogP contribution >= 0.6 is 0 Å². The largest absolute Gasteiger partial charge is 0.342 e. The Labute approximate surface area is 153 Å². The van der Waals surface area contributed by atoms with Crippen LogP contribution in [0, 0.1) is 5.92 Å². The van der Waals surface area contributed by atoms with Crippen LogP contribution in [0.4, 0.5) is 5.69 Å². The summed E-state index contributed by atoms with van der Waals surface area (Å²) in [5, 5.41) is 2.82. The summed E-state index contributed by atoms with van der Waals surface area (Å²) in [6.45, 7) is 2.54. The lowest BCUT2D eigenvalue weighted by molar-refractivity contribution is -0.128. The molecule has 134 valence electrons. The van der Waals surface area contributed by atoms with E-state index in [4.69, 9.17) is 0 Å². The highest BCUT2D eigenvalue weighted by molar-refractivity contribution is 5.99. The van der Waals surface area contributed by atoms with Crippen LogP contribution in [0.3, 0.4) is 0 Å². The molecule has 3 rings (SSSR count). The van der Waals surface area contributed by atoms with Crippen molar-refractivity contribution in [2.75, 3.05) is 18.4 Å². The number of amides is 2. The summed E-state index contributed by atoms with van der Waals surface area (Å²) in [5.41, 5.74) is 2.31. The summed E-state index contributed by atoms with van der Waals surface area (Å²) in [6.07, 6.45) is 1.01. The molecule has 0 aliphatic carbocycles. The van der Waals surface area contributed by atoms with Crippen LogP contribution in [0.2, 0.25) is 0 Å². The molecule has 0 spiro atoms. The van der Waals surface area contributed by atoms with Crippen molar-refractivity contribution in [2.45, 2.75) is 19.8 Å². The first-order valence-corrected chi connectivity index (χ1v) is 8.76. The minimum Gasteiger partial charge on any atom is -0.342 e. The van der Waals surface area contributed by atoms with Gasteiger partial charge in [0.25, 0.3) is 0 Å². The van der Waals surface area contributed by atoms with Crippen LogP contribution in [-0.2, 0) is 16.0 Å². The lowest BCUT2D eigenvalue weighted by atomic mass is 10.1. The van der Waals surface area contributed by atoms with Crippen molar-refractivity contribution in [3.8, 4) is 0 Å². The van der Waals surface area contributed by atoms with Gasteiger partial charge in [0.1, 0.15) is 0 Å². The number of nitrogens with zero attached hydrogens (tertiary/aromatic N) is 1. The molecule has 26 heavy (non-hydrogen) atoms. The smallest absolute Gasteiger partial charge is 0.229 e. The molecule has 0 saturated carbocycles. The first kappa shape index (κ1) is 17.9. The Kier molecular flexibility index (Phi) is 5.46. The van der Waals surface area contributed by atoms with Crippen LogP contribution in [0.1, 0.15) is 29.3 Å². The fourth-order valence-corrected chi connectivity index (χ4v) is 3.13. The van der Waals surface area contributed by atoms with Crippen molar-refractivity contribution in [3.63, 3.8) is 0 Å². The fourth-order valence-electron chi connectivity index (χ4n) is 3.13. The van der Waals surface area contributed by atoms with Gasteiger partial charge in [0.15, 0.2) is 5.78 Å². The van der Waals surface area contributed by atoms with Crippen molar-refractivity contribution in [2.24, 2.45) is 5.92 Å². The predicted octanol–water partition coefficient (Wildman–Crippen LogP) is 2.92. The van der Waals surface area contributed by atoms with Crippen molar-refractivity contribution in [1.82, 2.24) is 4.90 Å². The van der Waals surface area contributed by atoms with Gasteiger partial charge in [-0.1, -0.05) is 42.5 Å². The number of rotatable bonds is 6. The molecule has 2 aromatic carbocycles. The lowest BCUT2D eigenvalue weighted by Crippen LogP contribution is -2.30. The number of carbonyl (C=O) groups is 3. The average molecular weight is 350 g/mol. The van der Waals surface area contributed by atoms with E-state index in [1.54, 1.807) is 29.2 Å². The second-order valence-corrected chi connectivity index (χ2v) is 6.60. The Balaban J connectivity index is 1.56. The van der Waals surface area contributed by atoms with Gasteiger partial charge in [0, 0.05) is 30.8 Å². The second-order valence-electron chi connectivity index (χ2n) is 6.60. The third-order valence-electron chi connectivity index (χ3n) is 4.64. The molecule has 0 bridgehead atoms. The van der Waals surface area contributed by atoms with Gasteiger partial charge in [-0.3, -0.25) is 14.4 Å². The summed E-state index contributed by atoms with van der Waals surface area (Å²) in [6, 6.07) is 16.8. The van der Waals surface area contributed by atoms with Crippen molar-refractivity contribution in [3.05, 3.63) is 65.7 Å². The number of hydrogen-bond donors (Lipinski definition) is 1. The maximum Gasteiger partial charge on any atom is 0.229 e. The van der Waals surface area contributed by atoms with Crippen molar-refractivity contribution >= 4 is 23.3 Å². The van der Waals surface area contributed by atoms with Crippen LogP contribution in [0.15, 0.2) is 54.6 Å². The molecule has 0 unspecified atom stereocenters. The zero-order valence-electron chi connectivity index (χ0n) is 14.8. The van der Waals surface area contributed by atoms with Crippen LogP contribution in [0.5, 0.6) is 0 Å². The number of benzene rings is 2. The Bertz CT molecular complexity index is 817. The molecule has 2 amide bonds. The zero-order chi connectivity index (χ0) is 18.5. The normalized spacial score (nSPS) is 16.6. The highest BCUT2D eigenvalue weighted by Gasteiger charge is 2.34. The Hall–Kier alpha value is -2.95. The highest BCUT2D eigenvalue weighted by atomic mass is 16.2. The molecule has 0 radical (unpaired) electrons. The van der Waals surface area contributed by atoms with Gasteiger partial charge in [-0.2, -0.15) is 0 Å². The van der Waals surface area contributed by atoms with E-state index >= 15 is 0 Å². The number of anilines is 1. The van der Waals surface area contributed by atoms with E-state index < -0.39 is 0 Å². The summed E-state index contributed by atoms with van der Waals surface area (Å²) in [5.74, 6) is -0.580. The Morgan fingerprint density at radius 3 is 2.62 bits per heavy atom. The van der Waals surface area contributed by atoms with Gasteiger partial charge in [-0.25, -0.2) is 0 Å². The van der Waals surface area contributed by atoms with Gasteiger partial charge >= 0.3 is 0 Å². The van der Waals surface area contributed by atoms with E-state index in [0.717, 1.165) is 6.42 Å². The number of likely N-dealkylation sites (tertiary alicyclic amines) is 1. The Morgan fingerprint density at radius 2 is 1.88 bits per heavy atom. The minimum atomic E-state index is -0.362. The van der Waals surface area contributed by atoms with Crippen LogP contribution < -0.4 is 5.32 Å². The third kappa shape index (κ3) is 4.36. The number of hydrogen-bond acceptors (Lipinski definition) is 3. The monoisotopic (exact) mass is 350 g/mol. The molecule has 1 fully saturated rings. The van der Waals surface area contributed by atoms with E-state index in [2.05, 4.69) is 5.32 Å². The standard InChI is InChI=1S/C21H22N2O3/c1-15(24)17-8-5-9-19(12-17)22-21(26)18-13-20(25)23(14-18)11-10-16-6-3-2-4-7-16/h2-9,12,18H,10-11,13-14H2,1H3,(H,22,26)/t18-/m0/s1. The SMILES string of the molecule is CC(=O)c1cccc(NC(=O)[C@H]2CC(=O)N(CCc3ccccc3)C2)c1. The summed E-state index contributed by atoms with van der Waals surface area (Å²) >= 11 is 0. The number of ketones is 1. The number of carbonyl (C=O) groups excluding carboxylic acids is 3. The van der Waals surface area contributed by atoms with E-state index in [1.165, 1.54) is 12.5 Å². The van der Waals surface area contributed by atoms with Gasteiger partial charge in [-0.15, -0.1) is 0 Å². The van der Waals surface area contributed by atoms with Crippen LogP contribution in [0.25, 0.3) is 0 Å². The van der Waals surface area contributed by atoms with E-state index in [1.807, 2.05) is 30.3 Å². The quantitative estimate of drug-likeness (QED) is 0.815. The van der Waals surface area contributed by atoms with Gasteiger partial charge in [-0.05, 0) is 31.0 Å². The van der Waals surface area contributed by atoms with Gasteiger partial charge in [0.2, 0.25) is 11.8 Å². The molecule has 1 heterocycles. The first-order valence-electron chi connectivity index (χ1n) is 8.76. The summed E-state index contributed by atoms with van der Waals surface area (Å²) in [4.78, 5) is 37.9. The maximum atomic E-state index is 12.5. The molecule has 5 nitrogen and oxygen atoms in total. The molecule has 1 N–H and O–H groups in total. The topological polar surface area (TPSA) is 66.5 Å². The van der Waals surface area contributed by atoms with E-state index in [9.17, 15) is 14.4 Å². The minimum absolute atomic E-state index is 0.0126. The molecule has 1 aliphatic rings. The van der Waals surface area contributed by atoms with E-state index in [-0.39, 0.29) is 29.9 Å². The molecule has 2 aromatic rings. The Morgan fingerprint density at radius 1 is 1.12 bits per heavy atom. The van der Waals surface area contributed by atoms with Gasteiger partial charge < -0.3 is 10.2 Å². The average Bonchev–Trinajstić information content (AvgIpc) is 3.02. The summed E-state index contributed by atoms with van der Waals surface area (Å²) < 4.78 is 0. The molecular formula is C21H22N2O3. The second kappa shape index (κ2) is 7.95. The number of Topliss-reactive ketones (excluding diaryl/α,β-unsaturated/α-hetero) is 1. The molecule has 1 saturated heterocycles. The van der Waals surface area contributed by atoms with Gasteiger partial charge in [0.05, 0.1) is 5.92 Å². The highest BCUT2D eigenvalue weighted by Crippen LogP contribution is 2.21. The lowest BCUT2D eigenvalue weighted by Gasteiger charge is -2.16. The third-order valence-corrected chi connectivity index (χ3v) is 4.64. The molecule has 1 atom stereocenters. The molecule has 1 aliphatic heterocycles. The molecule has 0 aromatic heterocycles. The van der Waals surface area contributed by atoms with E-state index in [0.29, 0.717) is 24.3 Å². The first-order chi connectivity index (χ1) is 12.5. The van der Waals surface area contributed by atoms with Crippen LogP contribution in [-0.4, -0.2) is 35.6 Å². The van der Waals surface area contributed by atoms with Crippen molar-refractivity contribution < 1.29 is 14.4 Å². The molecular weight excluding hydrogens is 328 g/mol. The predicted molar refractivity (Wildman–Crippen MR) is 99.9 cm³/mol. The maximum absolute atomic E-state index is 12.5. The zero-order valence-corrected chi connectivity index (χ0v) is 14.8.